The van der Waals surface area contributed by atoms with E-state index < -0.39 is 23.5 Å². The molecule has 0 aliphatic heterocycles. The number of benzene rings is 2. The van der Waals surface area contributed by atoms with Crippen LogP contribution in [0.2, 0.25) is 0 Å². The Hall–Kier alpha value is -3.69. The largest absolute Gasteiger partial charge is 0.573 e. The van der Waals surface area contributed by atoms with Gasteiger partial charge in [-0.15, -0.1) is 13.2 Å². The van der Waals surface area contributed by atoms with Gasteiger partial charge >= 0.3 is 6.36 Å². The lowest BCUT2D eigenvalue weighted by Gasteiger charge is -2.14. The minimum absolute atomic E-state index is 0.0216. The standard InChI is InChI=1S/C20H16F4N4O2/c1-11-6-7-13(21)9-15(11)26-18-14(10-25)19(29)28-17(27-18)8-12-4-2-3-5-16(12)30-20(22,23)24/h2-7,9-10,25H,8H2,1H3,(H2,26,27,28,29). The maximum atomic E-state index is 13.6. The fourth-order valence-corrected chi connectivity index (χ4v) is 2.75. The number of ether oxygens (including phenoxy) is 1. The Morgan fingerprint density at radius 2 is 1.97 bits per heavy atom. The van der Waals surface area contributed by atoms with Crippen molar-refractivity contribution in [3.63, 3.8) is 0 Å². The van der Waals surface area contributed by atoms with Gasteiger partial charge in [-0.3, -0.25) is 4.79 Å². The lowest BCUT2D eigenvalue weighted by Crippen LogP contribution is -2.20. The van der Waals surface area contributed by atoms with Gasteiger partial charge in [-0.25, -0.2) is 9.37 Å². The van der Waals surface area contributed by atoms with E-state index in [4.69, 9.17) is 5.41 Å². The second-order valence-corrected chi connectivity index (χ2v) is 6.34. The minimum Gasteiger partial charge on any atom is -0.405 e. The van der Waals surface area contributed by atoms with Crippen LogP contribution in [0.5, 0.6) is 5.75 Å². The molecule has 0 aliphatic carbocycles. The summed E-state index contributed by atoms with van der Waals surface area (Å²) in [6, 6.07) is 9.49. The van der Waals surface area contributed by atoms with Crippen LogP contribution in [0.3, 0.4) is 0 Å². The number of aromatic amines is 1. The molecule has 0 fully saturated rings. The van der Waals surface area contributed by atoms with Crippen LogP contribution in [-0.2, 0) is 6.42 Å². The molecule has 10 heteroatoms. The van der Waals surface area contributed by atoms with Gasteiger partial charge in [0, 0.05) is 23.9 Å². The summed E-state index contributed by atoms with van der Waals surface area (Å²) >= 11 is 0. The van der Waals surface area contributed by atoms with E-state index in [1.807, 2.05) is 0 Å². The zero-order valence-electron chi connectivity index (χ0n) is 15.6. The molecule has 0 saturated heterocycles. The van der Waals surface area contributed by atoms with Crippen LogP contribution in [0, 0.1) is 18.2 Å². The summed E-state index contributed by atoms with van der Waals surface area (Å²) < 4.78 is 55.5. The zero-order valence-corrected chi connectivity index (χ0v) is 15.6. The zero-order chi connectivity index (χ0) is 21.9. The number of aromatic nitrogens is 2. The molecule has 3 N–H and O–H groups in total. The fraction of sp³-hybridized carbons (Fsp3) is 0.150. The second kappa shape index (κ2) is 8.36. The molecular weight excluding hydrogens is 404 g/mol. The van der Waals surface area contributed by atoms with E-state index in [1.54, 1.807) is 6.92 Å². The Morgan fingerprint density at radius 1 is 1.23 bits per heavy atom. The van der Waals surface area contributed by atoms with Crippen molar-refractivity contribution in [3.8, 4) is 5.75 Å². The third-order valence-electron chi connectivity index (χ3n) is 4.16. The first-order chi connectivity index (χ1) is 14.2. The number of H-pyrrole nitrogens is 1. The molecule has 3 aromatic rings. The molecule has 0 radical (unpaired) electrons. The Bertz CT molecular complexity index is 1140. The van der Waals surface area contributed by atoms with Gasteiger partial charge in [-0.2, -0.15) is 0 Å². The summed E-state index contributed by atoms with van der Waals surface area (Å²) in [6.07, 6.45) is -4.26. The van der Waals surface area contributed by atoms with E-state index in [-0.39, 0.29) is 29.2 Å². The number of hydrogen-bond acceptors (Lipinski definition) is 5. The SMILES string of the molecule is Cc1ccc(F)cc1Nc1nc(Cc2ccccc2OC(F)(F)F)[nH]c(=O)c1C=N. The highest BCUT2D eigenvalue weighted by atomic mass is 19.4. The summed E-state index contributed by atoms with van der Waals surface area (Å²) in [5, 5.41) is 10.3. The number of nitrogens with one attached hydrogen (secondary N) is 3. The van der Waals surface area contributed by atoms with E-state index in [0.29, 0.717) is 11.3 Å². The van der Waals surface area contributed by atoms with Gasteiger partial charge in [0.15, 0.2) is 0 Å². The number of alkyl halides is 3. The number of rotatable bonds is 6. The number of anilines is 2. The average molecular weight is 420 g/mol. The highest BCUT2D eigenvalue weighted by molar-refractivity contribution is 5.85. The fourth-order valence-electron chi connectivity index (χ4n) is 2.75. The molecule has 6 nitrogen and oxygen atoms in total. The van der Waals surface area contributed by atoms with Crippen LogP contribution in [0.25, 0.3) is 0 Å². The van der Waals surface area contributed by atoms with Gasteiger partial charge in [-0.05, 0) is 30.7 Å². The predicted molar refractivity (Wildman–Crippen MR) is 103 cm³/mol. The van der Waals surface area contributed by atoms with Crippen LogP contribution in [-0.4, -0.2) is 22.5 Å². The lowest BCUT2D eigenvalue weighted by atomic mass is 10.1. The maximum absolute atomic E-state index is 13.6. The smallest absolute Gasteiger partial charge is 0.405 e. The molecule has 156 valence electrons. The Balaban J connectivity index is 1.99. The van der Waals surface area contributed by atoms with Crippen molar-refractivity contribution < 1.29 is 22.3 Å². The van der Waals surface area contributed by atoms with E-state index in [2.05, 4.69) is 20.0 Å². The molecular formula is C20H16F4N4O2. The predicted octanol–water partition coefficient (Wildman–Crippen LogP) is 4.45. The molecule has 2 aromatic carbocycles. The lowest BCUT2D eigenvalue weighted by molar-refractivity contribution is -0.274. The van der Waals surface area contributed by atoms with Crippen molar-refractivity contribution in [2.75, 3.05) is 5.32 Å². The van der Waals surface area contributed by atoms with Crippen molar-refractivity contribution in [2.24, 2.45) is 0 Å². The molecule has 0 amide bonds. The molecule has 0 aliphatic rings. The van der Waals surface area contributed by atoms with Crippen molar-refractivity contribution in [3.05, 3.63) is 81.2 Å². The van der Waals surface area contributed by atoms with Gasteiger partial charge in [0.05, 0.1) is 5.56 Å². The molecule has 30 heavy (non-hydrogen) atoms. The maximum Gasteiger partial charge on any atom is 0.573 e. The van der Waals surface area contributed by atoms with Crippen LogP contribution in [0.1, 0.15) is 22.5 Å². The normalized spacial score (nSPS) is 11.2. The molecule has 0 atom stereocenters. The number of hydrogen-bond donors (Lipinski definition) is 3. The molecule has 0 spiro atoms. The van der Waals surface area contributed by atoms with Gasteiger partial charge < -0.3 is 20.4 Å². The van der Waals surface area contributed by atoms with Crippen molar-refractivity contribution >= 4 is 17.7 Å². The van der Waals surface area contributed by atoms with E-state index in [9.17, 15) is 22.4 Å². The molecule has 0 saturated carbocycles. The Morgan fingerprint density at radius 3 is 2.67 bits per heavy atom. The number of aryl methyl sites for hydroxylation is 1. The Kier molecular flexibility index (Phi) is 5.86. The summed E-state index contributed by atoms with van der Waals surface area (Å²) in [5.74, 6) is -0.908. The highest BCUT2D eigenvalue weighted by Crippen LogP contribution is 2.28. The third-order valence-corrected chi connectivity index (χ3v) is 4.16. The summed E-state index contributed by atoms with van der Waals surface area (Å²) in [5.41, 5.74) is 0.374. The van der Waals surface area contributed by atoms with Crippen molar-refractivity contribution in [2.45, 2.75) is 19.7 Å². The Labute approximate surface area is 168 Å². The van der Waals surface area contributed by atoms with E-state index >= 15 is 0 Å². The molecule has 0 unspecified atom stereocenters. The first-order valence-corrected chi connectivity index (χ1v) is 8.67. The topological polar surface area (TPSA) is 90.9 Å². The molecule has 3 rings (SSSR count). The average Bonchev–Trinajstić information content (AvgIpc) is 2.65. The highest BCUT2D eigenvalue weighted by Gasteiger charge is 2.32. The third kappa shape index (κ3) is 5.02. The first-order valence-electron chi connectivity index (χ1n) is 8.67. The number of para-hydroxylation sites is 1. The first kappa shape index (κ1) is 21.0. The monoisotopic (exact) mass is 420 g/mol. The van der Waals surface area contributed by atoms with E-state index in [0.717, 1.165) is 12.3 Å². The molecule has 1 heterocycles. The van der Waals surface area contributed by atoms with Crippen LogP contribution in [0.15, 0.2) is 47.3 Å². The van der Waals surface area contributed by atoms with Crippen LogP contribution >= 0.6 is 0 Å². The number of nitrogens with zero attached hydrogens (tertiary/aromatic N) is 1. The molecule has 1 aromatic heterocycles. The summed E-state index contributed by atoms with van der Waals surface area (Å²) in [6.45, 7) is 1.71. The van der Waals surface area contributed by atoms with Crippen molar-refractivity contribution in [1.29, 1.82) is 5.41 Å². The summed E-state index contributed by atoms with van der Waals surface area (Å²) in [7, 11) is 0. The second-order valence-electron chi connectivity index (χ2n) is 6.34. The minimum atomic E-state index is -4.87. The van der Waals surface area contributed by atoms with Crippen molar-refractivity contribution in [1.82, 2.24) is 9.97 Å². The van der Waals surface area contributed by atoms with Crippen LogP contribution < -0.4 is 15.6 Å². The number of halogens is 4. The summed E-state index contributed by atoms with van der Waals surface area (Å²) in [4.78, 5) is 19.0. The quantitative estimate of drug-likeness (QED) is 0.406. The van der Waals surface area contributed by atoms with E-state index in [1.165, 1.54) is 36.4 Å². The van der Waals surface area contributed by atoms with Gasteiger partial charge in [0.25, 0.3) is 5.56 Å². The van der Waals surface area contributed by atoms with Crippen LogP contribution in [0.4, 0.5) is 29.1 Å². The van der Waals surface area contributed by atoms with Gasteiger partial charge in [0.2, 0.25) is 0 Å². The molecule has 0 bridgehead atoms. The van der Waals surface area contributed by atoms with Gasteiger partial charge in [-0.1, -0.05) is 24.3 Å². The van der Waals surface area contributed by atoms with Gasteiger partial charge in [0.1, 0.15) is 23.2 Å².